The molecular weight excluding hydrogens is 356 g/mol. The highest BCUT2D eigenvalue weighted by Crippen LogP contribution is 2.36. The summed E-state index contributed by atoms with van der Waals surface area (Å²) in [7, 11) is 1.53. The second-order valence-corrected chi connectivity index (χ2v) is 6.22. The van der Waals surface area contributed by atoms with Crippen LogP contribution >= 0.6 is 0 Å². The van der Waals surface area contributed by atoms with Crippen LogP contribution in [-0.2, 0) is 0 Å². The van der Waals surface area contributed by atoms with Crippen LogP contribution in [-0.4, -0.2) is 7.11 Å². The van der Waals surface area contributed by atoms with E-state index in [2.05, 4.69) is 0 Å². The molecule has 0 saturated carbocycles. The van der Waals surface area contributed by atoms with Gasteiger partial charge in [-0.2, -0.15) is 0 Å². The topological polar surface area (TPSA) is 101 Å². The molecule has 3 aromatic carbocycles. The number of methoxy groups -OCH3 is 1. The van der Waals surface area contributed by atoms with Crippen LogP contribution in [0.15, 0.2) is 75.9 Å². The molecule has 0 aliphatic rings. The van der Waals surface area contributed by atoms with Crippen molar-refractivity contribution in [3.63, 3.8) is 0 Å². The van der Waals surface area contributed by atoms with Gasteiger partial charge in [0.25, 0.3) is 0 Å². The molecule has 4 aromatic rings. The Balaban J connectivity index is 1.99. The minimum Gasteiger partial charge on any atom is -0.497 e. The molecule has 4 N–H and O–H groups in total. The maximum absolute atomic E-state index is 13.3. The number of ether oxygens (including phenoxy) is 2. The van der Waals surface area contributed by atoms with E-state index in [9.17, 15) is 4.79 Å². The van der Waals surface area contributed by atoms with Gasteiger partial charge in [0.15, 0.2) is 11.5 Å². The van der Waals surface area contributed by atoms with Crippen molar-refractivity contribution in [1.29, 1.82) is 0 Å². The van der Waals surface area contributed by atoms with Gasteiger partial charge >= 0.3 is 0 Å². The number of hydrogen-bond donors (Lipinski definition) is 2. The van der Waals surface area contributed by atoms with Gasteiger partial charge in [-0.25, -0.2) is 0 Å². The zero-order valence-corrected chi connectivity index (χ0v) is 15.1. The van der Waals surface area contributed by atoms with Crippen molar-refractivity contribution in [2.24, 2.45) is 0 Å². The molecule has 1 heterocycles. The third-order valence-corrected chi connectivity index (χ3v) is 4.34. The van der Waals surface area contributed by atoms with E-state index in [4.69, 9.17) is 25.4 Å². The van der Waals surface area contributed by atoms with Gasteiger partial charge in [-0.3, -0.25) is 4.79 Å². The number of rotatable bonds is 4. The molecule has 6 nitrogen and oxygen atoms in total. The van der Waals surface area contributed by atoms with E-state index in [-0.39, 0.29) is 16.9 Å². The molecule has 0 aliphatic heterocycles. The van der Waals surface area contributed by atoms with Gasteiger partial charge in [-0.1, -0.05) is 30.3 Å². The van der Waals surface area contributed by atoms with E-state index in [0.29, 0.717) is 39.4 Å². The number of fused-ring (bicyclic) bond motifs is 1. The lowest BCUT2D eigenvalue weighted by Gasteiger charge is -2.13. The molecule has 140 valence electrons. The van der Waals surface area contributed by atoms with Gasteiger partial charge in [-0.15, -0.1) is 0 Å². The molecule has 0 unspecified atom stereocenters. The first-order chi connectivity index (χ1) is 13.6. The number of anilines is 2. The number of nitrogens with two attached hydrogens (primary N) is 2. The standard InChI is InChI=1S/C22H18N2O4/c1-26-15-8-10-18-16(12-15)20(25)22(21(27-18)13-5-3-2-4-6-13)28-19-11-14(23)7-9-17(19)24/h2-12H,23-24H2,1H3. The molecule has 0 saturated heterocycles. The van der Waals surface area contributed by atoms with Crippen LogP contribution in [0, 0.1) is 0 Å². The molecular formula is C22H18N2O4. The molecule has 0 aliphatic carbocycles. The molecule has 28 heavy (non-hydrogen) atoms. The lowest BCUT2D eigenvalue weighted by Crippen LogP contribution is -2.08. The number of benzene rings is 3. The van der Waals surface area contributed by atoms with E-state index in [1.165, 1.54) is 7.11 Å². The monoisotopic (exact) mass is 374 g/mol. The van der Waals surface area contributed by atoms with Crippen molar-refractivity contribution >= 4 is 22.3 Å². The van der Waals surface area contributed by atoms with E-state index >= 15 is 0 Å². The summed E-state index contributed by atoms with van der Waals surface area (Å²) in [5.74, 6) is 1.17. The average molecular weight is 374 g/mol. The highest BCUT2D eigenvalue weighted by Gasteiger charge is 2.20. The Hall–Kier alpha value is -3.93. The molecule has 1 aromatic heterocycles. The van der Waals surface area contributed by atoms with Crippen LogP contribution in [0.2, 0.25) is 0 Å². The van der Waals surface area contributed by atoms with E-state index in [1.807, 2.05) is 30.3 Å². The maximum Gasteiger partial charge on any atom is 0.236 e. The summed E-state index contributed by atoms with van der Waals surface area (Å²) < 4.78 is 17.2. The van der Waals surface area contributed by atoms with E-state index in [1.54, 1.807) is 36.4 Å². The van der Waals surface area contributed by atoms with Gasteiger partial charge < -0.3 is 25.4 Å². The fraction of sp³-hybridized carbons (Fsp3) is 0.0455. The van der Waals surface area contributed by atoms with Gasteiger partial charge in [0.2, 0.25) is 11.2 Å². The fourth-order valence-corrected chi connectivity index (χ4v) is 2.91. The van der Waals surface area contributed by atoms with Gasteiger partial charge in [0.05, 0.1) is 18.2 Å². The maximum atomic E-state index is 13.3. The molecule has 0 bridgehead atoms. The normalized spacial score (nSPS) is 10.8. The molecule has 0 amide bonds. The molecule has 0 radical (unpaired) electrons. The fourth-order valence-electron chi connectivity index (χ4n) is 2.91. The average Bonchev–Trinajstić information content (AvgIpc) is 2.73. The van der Waals surface area contributed by atoms with Crippen molar-refractivity contribution < 1.29 is 13.9 Å². The summed E-state index contributed by atoms with van der Waals surface area (Å²) in [6.45, 7) is 0. The van der Waals surface area contributed by atoms with Crippen LogP contribution in [0.25, 0.3) is 22.3 Å². The van der Waals surface area contributed by atoms with Crippen LogP contribution < -0.4 is 26.4 Å². The lowest BCUT2D eigenvalue weighted by atomic mass is 10.1. The van der Waals surface area contributed by atoms with Crippen molar-refractivity contribution in [1.82, 2.24) is 0 Å². The molecule has 4 rings (SSSR count). The van der Waals surface area contributed by atoms with Gasteiger partial charge in [0, 0.05) is 17.3 Å². The lowest BCUT2D eigenvalue weighted by molar-refractivity contribution is 0.415. The van der Waals surface area contributed by atoms with E-state index < -0.39 is 0 Å². The van der Waals surface area contributed by atoms with Crippen molar-refractivity contribution in [2.45, 2.75) is 0 Å². The summed E-state index contributed by atoms with van der Waals surface area (Å²) in [6.07, 6.45) is 0. The second kappa shape index (κ2) is 7.00. The summed E-state index contributed by atoms with van der Waals surface area (Å²) >= 11 is 0. The molecule has 0 atom stereocenters. The molecule has 0 spiro atoms. The minimum atomic E-state index is -0.333. The Bertz CT molecular complexity index is 1220. The predicted molar refractivity (Wildman–Crippen MR) is 110 cm³/mol. The van der Waals surface area contributed by atoms with Crippen molar-refractivity contribution in [3.05, 3.63) is 77.0 Å². The minimum absolute atomic E-state index is 0.0317. The largest absolute Gasteiger partial charge is 0.497 e. The number of nitrogen functional groups attached to an aromatic ring is 2. The van der Waals surface area contributed by atoms with Gasteiger partial charge in [-0.05, 0) is 30.3 Å². The Morgan fingerprint density at radius 3 is 2.46 bits per heavy atom. The number of hydrogen-bond acceptors (Lipinski definition) is 6. The summed E-state index contributed by atoms with van der Waals surface area (Å²) in [4.78, 5) is 13.3. The van der Waals surface area contributed by atoms with Crippen LogP contribution in [0.1, 0.15) is 0 Å². The second-order valence-electron chi connectivity index (χ2n) is 6.22. The first-order valence-corrected chi connectivity index (χ1v) is 8.60. The molecule has 0 fully saturated rings. The Labute approximate surface area is 160 Å². The summed E-state index contributed by atoms with van der Waals surface area (Å²) in [5.41, 5.74) is 13.5. The third kappa shape index (κ3) is 3.12. The first kappa shape index (κ1) is 17.5. The SMILES string of the molecule is COc1ccc2oc(-c3ccccc3)c(Oc3cc(N)ccc3N)c(=O)c2c1. The smallest absolute Gasteiger partial charge is 0.236 e. The Morgan fingerprint density at radius 1 is 0.929 bits per heavy atom. The third-order valence-electron chi connectivity index (χ3n) is 4.34. The Kier molecular flexibility index (Phi) is 4.37. The Morgan fingerprint density at radius 2 is 1.71 bits per heavy atom. The molecule has 6 heteroatoms. The highest BCUT2D eigenvalue weighted by molar-refractivity contribution is 5.83. The summed E-state index contributed by atoms with van der Waals surface area (Å²) in [6, 6.07) is 19.2. The van der Waals surface area contributed by atoms with Crippen LogP contribution in [0.5, 0.6) is 17.2 Å². The van der Waals surface area contributed by atoms with Gasteiger partial charge in [0.1, 0.15) is 11.3 Å². The zero-order valence-electron chi connectivity index (χ0n) is 15.1. The highest BCUT2D eigenvalue weighted by atomic mass is 16.5. The quantitative estimate of drug-likeness (QED) is 0.513. The van der Waals surface area contributed by atoms with Crippen molar-refractivity contribution in [3.8, 4) is 28.6 Å². The zero-order chi connectivity index (χ0) is 19.7. The summed E-state index contributed by atoms with van der Waals surface area (Å²) in [5, 5.41) is 0.344. The van der Waals surface area contributed by atoms with Crippen LogP contribution in [0.3, 0.4) is 0 Å². The van der Waals surface area contributed by atoms with Crippen molar-refractivity contribution in [2.75, 3.05) is 18.6 Å². The first-order valence-electron chi connectivity index (χ1n) is 8.60. The van der Waals surface area contributed by atoms with Crippen LogP contribution in [0.4, 0.5) is 11.4 Å². The van der Waals surface area contributed by atoms with E-state index in [0.717, 1.165) is 0 Å². The predicted octanol–water partition coefficient (Wildman–Crippen LogP) is 4.43.